The number of aryl methyl sites for hydroxylation is 2. The second-order valence-electron chi connectivity index (χ2n) is 5.51. The first-order valence-corrected chi connectivity index (χ1v) is 7.83. The zero-order valence-electron chi connectivity index (χ0n) is 13.6. The van der Waals surface area contributed by atoms with Crippen LogP contribution in [0.1, 0.15) is 49.5 Å². The fourth-order valence-electron chi connectivity index (χ4n) is 2.51. The van der Waals surface area contributed by atoms with E-state index in [0.29, 0.717) is 5.92 Å². The molecule has 0 radical (unpaired) electrons. The van der Waals surface area contributed by atoms with E-state index in [-0.39, 0.29) is 0 Å². The largest absolute Gasteiger partial charge is 0.319 e. The molecule has 2 rings (SSSR count). The van der Waals surface area contributed by atoms with Crippen LogP contribution >= 0.6 is 0 Å². The number of nitrogens with one attached hydrogen (secondary N) is 1. The second-order valence-corrected chi connectivity index (χ2v) is 5.51. The third-order valence-electron chi connectivity index (χ3n) is 3.82. The van der Waals surface area contributed by atoms with Crippen molar-refractivity contribution in [2.24, 2.45) is 0 Å². The summed E-state index contributed by atoms with van der Waals surface area (Å²) in [6.07, 6.45) is 1.81. The molecule has 114 valence electrons. The van der Waals surface area contributed by atoms with Gasteiger partial charge in [0.1, 0.15) is 5.82 Å². The Kier molecular flexibility index (Phi) is 5.51. The van der Waals surface area contributed by atoms with E-state index in [1.54, 1.807) is 0 Å². The Labute approximate surface area is 127 Å². The van der Waals surface area contributed by atoms with E-state index in [1.807, 2.05) is 11.7 Å². The van der Waals surface area contributed by atoms with Crippen LogP contribution < -0.4 is 5.32 Å². The molecule has 21 heavy (non-hydrogen) atoms. The number of rotatable bonds is 7. The van der Waals surface area contributed by atoms with E-state index in [4.69, 9.17) is 0 Å². The summed E-state index contributed by atoms with van der Waals surface area (Å²) in [6, 6.07) is 8.85. The van der Waals surface area contributed by atoms with Gasteiger partial charge < -0.3 is 5.32 Å². The van der Waals surface area contributed by atoms with Crippen LogP contribution in [0.3, 0.4) is 0 Å². The highest BCUT2D eigenvalue weighted by Crippen LogP contribution is 2.16. The maximum absolute atomic E-state index is 4.58. The number of likely N-dealkylation sites (N-methyl/N-ethyl adjacent to an activating group) is 1. The van der Waals surface area contributed by atoms with Gasteiger partial charge in [-0.25, -0.2) is 9.67 Å². The predicted molar refractivity (Wildman–Crippen MR) is 86.7 cm³/mol. The summed E-state index contributed by atoms with van der Waals surface area (Å²) in [5, 5.41) is 7.80. The minimum atomic E-state index is 0.535. The summed E-state index contributed by atoms with van der Waals surface area (Å²) >= 11 is 0. The van der Waals surface area contributed by atoms with Crippen LogP contribution in [0, 0.1) is 0 Å². The molecule has 1 aromatic carbocycles. The molecule has 0 spiro atoms. The highest BCUT2D eigenvalue weighted by Gasteiger charge is 2.08. The van der Waals surface area contributed by atoms with Crippen molar-refractivity contribution in [3.8, 4) is 0 Å². The SMILES string of the molecule is CCc1nc(CC)n(Cc2ccc(C(C)CNC)cc2)n1. The van der Waals surface area contributed by atoms with Gasteiger partial charge in [0.2, 0.25) is 0 Å². The van der Waals surface area contributed by atoms with Gasteiger partial charge in [-0.3, -0.25) is 0 Å². The van der Waals surface area contributed by atoms with E-state index in [9.17, 15) is 0 Å². The van der Waals surface area contributed by atoms with Crippen LogP contribution in [0.25, 0.3) is 0 Å². The van der Waals surface area contributed by atoms with Gasteiger partial charge >= 0.3 is 0 Å². The Morgan fingerprint density at radius 3 is 2.43 bits per heavy atom. The lowest BCUT2D eigenvalue weighted by molar-refractivity contribution is 0.636. The Bertz CT molecular complexity index is 557. The number of hydrogen-bond donors (Lipinski definition) is 1. The van der Waals surface area contributed by atoms with Crippen molar-refractivity contribution in [1.82, 2.24) is 20.1 Å². The Morgan fingerprint density at radius 2 is 1.86 bits per heavy atom. The van der Waals surface area contributed by atoms with E-state index in [1.165, 1.54) is 11.1 Å². The van der Waals surface area contributed by atoms with Crippen molar-refractivity contribution >= 4 is 0 Å². The van der Waals surface area contributed by atoms with Gasteiger partial charge in [0.05, 0.1) is 6.54 Å². The van der Waals surface area contributed by atoms with E-state index < -0.39 is 0 Å². The highest BCUT2D eigenvalue weighted by atomic mass is 15.3. The number of hydrogen-bond acceptors (Lipinski definition) is 3. The first kappa shape index (κ1) is 15.7. The van der Waals surface area contributed by atoms with Gasteiger partial charge in [0, 0.05) is 19.4 Å². The third kappa shape index (κ3) is 3.91. The second kappa shape index (κ2) is 7.36. The molecule has 1 unspecified atom stereocenters. The molecule has 0 aliphatic carbocycles. The van der Waals surface area contributed by atoms with Crippen molar-refractivity contribution in [2.45, 2.75) is 46.1 Å². The third-order valence-corrected chi connectivity index (χ3v) is 3.82. The average molecular weight is 286 g/mol. The van der Waals surface area contributed by atoms with Gasteiger partial charge in [-0.05, 0) is 24.1 Å². The monoisotopic (exact) mass is 286 g/mol. The first-order chi connectivity index (χ1) is 10.2. The zero-order valence-corrected chi connectivity index (χ0v) is 13.6. The van der Waals surface area contributed by atoms with Crippen LogP contribution in [0.15, 0.2) is 24.3 Å². The van der Waals surface area contributed by atoms with Gasteiger partial charge in [-0.2, -0.15) is 5.10 Å². The fraction of sp³-hybridized carbons (Fsp3) is 0.529. The number of benzene rings is 1. The molecule has 4 heteroatoms. The molecular weight excluding hydrogens is 260 g/mol. The predicted octanol–water partition coefficient (Wildman–Crippen LogP) is 2.77. The maximum atomic E-state index is 4.58. The molecule has 1 atom stereocenters. The Hall–Kier alpha value is -1.68. The summed E-state index contributed by atoms with van der Waals surface area (Å²) in [5.74, 6) is 2.54. The molecule has 0 saturated carbocycles. The summed E-state index contributed by atoms with van der Waals surface area (Å²) in [4.78, 5) is 4.56. The highest BCUT2D eigenvalue weighted by molar-refractivity contribution is 5.25. The van der Waals surface area contributed by atoms with Crippen LogP contribution in [0.4, 0.5) is 0 Å². The lowest BCUT2D eigenvalue weighted by Gasteiger charge is -2.12. The van der Waals surface area contributed by atoms with Crippen molar-refractivity contribution in [3.05, 3.63) is 47.0 Å². The molecule has 0 fully saturated rings. The molecule has 1 heterocycles. The summed E-state index contributed by atoms with van der Waals surface area (Å²) in [5.41, 5.74) is 2.65. The molecule has 2 aromatic rings. The van der Waals surface area contributed by atoms with Crippen LogP contribution in [-0.4, -0.2) is 28.4 Å². The van der Waals surface area contributed by atoms with Crippen molar-refractivity contribution in [1.29, 1.82) is 0 Å². The summed E-state index contributed by atoms with van der Waals surface area (Å²) in [6.45, 7) is 8.27. The zero-order chi connectivity index (χ0) is 15.2. The number of aromatic nitrogens is 3. The van der Waals surface area contributed by atoms with Crippen molar-refractivity contribution < 1.29 is 0 Å². The molecule has 0 aliphatic rings. The molecule has 1 aromatic heterocycles. The topological polar surface area (TPSA) is 42.7 Å². The normalized spacial score (nSPS) is 12.6. The molecule has 0 saturated heterocycles. The smallest absolute Gasteiger partial charge is 0.150 e. The fourth-order valence-corrected chi connectivity index (χ4v) is 2.51. The van der Waals surface area contributed by atoms with Crippen LogP contribution in [0.2, 0.25) is 0 Å². The maximum Gasteiger partial charge on any atom is 0.150 e. The number of nitrogens with zero attached hydrogens (tertiary/aromatic N) is 3. The summed E-state index contributed by atoms with van der Waals surface area (Å²) < 4.78 is 2.03. The first-order valence-electron chi connectivity index (χ1n) is 7.83. The van der Waals surface area contributed by atoms with Gasteiger partial charge in [0.25, 0.3) is 0 Å². The van der Waals surface area contributed by atoms with Gasteiger partial charge in [-0.1, -0.05) is 45.0 Å². The standard InChI is InChI=1S/C17H26N4/c1-5-16-19-17(6-2)21(20-16)12-14-7-9-15(10-8-14)13(3)11-18-4/h7-10,13,18H,5-6,11-12H2,1-4H3. The van der Waals surface area contributed by atoms with E-state index >= 15 is 0 Å². The molecule has 4 nitrogen and oxygen atoms in total. The van der Waals surface area contributed by atoms with Crippen LogP contribution in [-0.2, 0) is 19.4 Å². The Morgan fingerprint density at radius 1 is 1.14 bits per heavy atom. The van der Waals surface area contributed by atoms with E-state index in [2.05, 4.69) is 60.4 Å². The Balaban J connectivity index is 2.11. The quantitative estimate of drug-likeness (QED) is 0.851. The minimum absolute atomic E-state index is 0.535. The summed E-state index contributed by atoms with van der Waals surface area (Å²) in [7, 11) is 1.99. The molecule has 1 N–H and O–H groups in total. The molecular formula is C17H26N4. The van der Waals surface area contributed by atoms with E-state index in [0.717, 1.165) is 37.6 Å². The lowest BCUT2D eigenvalue weighted by atomic mass is 10.00. The van der Waals surface area contributed by atoms with Crippen molar-refractivity contribution in [3.63, 3.8) is 0 Å². The molecule has 0 bridgehead atoms. The van der Waals surface area contributed by atoms with Crippen molar-refractivity contribution in [2.75, 3.05) is 13.6 Å². The molecule has 0 aliphatic heterocycles. The minimum Gasteiger partial charge on any atom is -0.319 e. The average Bonchev–Trinajstić information content (AvgIpc) is 2.90. The van der Waals surface area contributed by atoms with Gasteiger partial charge in [-0.15, -0.1) is 0 Å². The molecule has 0 amide bonds. The lowest BCUT2D eigenvalue weighted by Crippen LogP contribution is -2.14. The van der Waals surface area contributed by atoms with Gasteiger partial charge in [0.15, 0.2) is 5.82 Å². The van der Waals surface area contributed by atoms with Crippen LogP contribution in [0.5, 0.6) is 0 Å².